The fourth-order valence-corrected chi connectivity index (χ4v) is 2.58. The van der Waals surface area contributed by atoms with Crippen molar-refractivity contribution >= 4 is 11.3 Å². The van der Waals surface area contributed by atoms with E-state index in [2.05, 4.69) is 53.3 Å². The van der Waals surface area contributed by atoms with Crippen molar-refractivity contribution in [2.45, 2.75) is 26.1 Å². The zero-order valence-corrected chi connectivity index (χ0v) is 11.7. The summed E-state index contributed by atoms with van der Waals surface area (Å²) >= 11 is 1.74. The number of methoxy groups -OCH3 is 1. The molecule has 0 saturated carbocycles. The van der Waals surface area contributed by atoms with Gasteiger partial charge in [0.15, 0.2) is 0 Å². The van der Waals surface area contributed by atoms with Gasteiger partial charge in [0.25, 0.3) is 0 Å². The molecular weight excluding hydrogens is 242 g/mol. The first-order chi connectivity index (χ1) is 8.79. The molecule has 0 aliphatic heterocycles. The SMILES string of the molecule is COCc1ccc(CNC(C)c2ccsc2)cc1. The molecule has 96 valence electrons. The van der Waals surface area contributed by atoms with E-state index in [1.54, 1.807) is 18.4 Å². The van der Waals surface area contributed by atoms with Crippen LogP contribution in [-0.2, 0) is 17.9 Å². The fraction of sp³-hybridized carbons (Fsp3) is 0.333. The molecule has 0 aliphatic carbocycles. The zero-order valence-electron chi connectivity index (χ0n) is 10.8. The Balaban J connectivity index is 1.86. The van der Waals surface area contributed by atoms with Crippen LogP contribution >= 0.6 is 11.3 Å². The monoisotopic (exact) mass is 261 g/mol. The minimum absolute atomic E-state index is 0.398. The van der Waals surface area contributed by atoms with Crippen LogP contribution in [0.4, 0.5) is 0 Å². The van der Waals surface area contributed by atoms with E-state index in [1.165, 1.54) is 16.7 Å². The van der Waals surface area contributed by atoms with E-state index in [0.29, 0.717) is 12.6 Å². The first-order valence-electron chi connectivity index (χ1n) is 6.12. The maximum atomic E-state index is 5.10. The quantitative estimate of drug-likeness (QED) is 0.855. The topological polar surface area (TPSA) is 21.3 Å². The van der Waals surface area contributed by atoms with Crippen molar-refractivity contribution in [3.8, 4) is 0 Å². The molecule has 1 unspecified atom stereocenters. The third kappa shape index (κ3) is 3.67. The maximum absolute atomic E-state index is 5.10. The second-order valence-electron chi connectivity index (χ2n) is 4.41. The summed E-state index contributed by atoms with van der Waals surface area (Å²) in [5.41, 5.74) is 3.88. The molecule has 3 heteroatoms. The van der Waals surface area contributed by atoms with E-state index < -0.39 is 0 Å². The molecule has 0 spiro atoms. The average Bonchev–Trinajstić information content (AvgIpc) is 2.92. The van der Waals surface area contributed by atoms with Crippen molar-refractivity contribution < 1.29 is 4.74 Å². The molecule has 18 heavy (non-hydrogen) atoms. The smallest absolute Gasteiger partial charge is 0.0713 e. The van der Waals surface area contributed by atoms with Crippen molar-refractivity contribution in [2.75, 3.05) is 7.11 Å². The van der Waals surface area contributed by atoms with E-state index in [0.717, 1.165) is 6.54 Å². The summed E-state index contributed by atoms with van der Waals surface area (Å²) in [6, 6.07) is 11.1. The highest BCUT2D eigenvalue weighted by Crippen LogP contribution is 2.16. The summed E-state index contributed by atoms with van der Waals surface area (Å²) < 4.78 is 5.10. The van der Waals surface area contributed by atoms with Crippen LogP contribution in [0.5, 0.6) is 0 Å². The van der Waals surface area contributed by atoms with E-state index in [1.807, 2.05) is 0 Å². The number of ether oxygens (including phenoxy) is 1. The first-order valence-corrected chi connectivity index (χ1v) is 7.06. The summed E-state index contributed by atoms with van der Waals surface area (Å²) in [6.07, 6.45) is 0. The lowest BCUT2D eigenvalue weighted by Crippen LogP contribution is -2.17. The lowest BCUT2D eigenvalue weighted by molar-refractivity contribution is 0.185. The molecule has 0 radical (unpaired) electrons. The highest BCUT2D eigenvalue weighted by Gasteiger charge is 2.04. The van der Waals surface area contributed by atoms with Gasteiger partial charge in [-0.2, -0.15) is 11.3 Å². The van der Waals surface area contributed by atoms with Crippen LogP contribution in [0.25, 0.3) is 0 Å². The zero-order chi connectivity index (χ0) is 12.8. The largest absolute Gasteiger partial charge is 0.380 e. The van der Waals surface area contributed by atoms with Gasteiger partial charge in [-0.3, -0.25) is 0 Å². The minimum Gasteiger partial charge on any atom is -0.380 e. The standard InChI is InChI=1S/C15H19NOS/c1-12(15-7-8-18-11-15)16-9-13-3-5-14(6-4-13)10-17-2/h3-8,11-12,16H,9-10H2,1-2H3. The van der Waals surface area contributed by atoms with Gasteiger partial charge in [-0.25, -0.2) is 0 Å². The minimum atomic E-state index is 0.398. The molecule has 0 fully saturated rings. The van der Waals surface area contributed by atoms with Crippen LogP contribution in [0.2, 0.25) is 0 Å². The molecule has 0 aliphatic rings. The number of hydrogen-bond acceptors (Lipinski definition) is 3. The van der Waals surface area contributed by atoms with E-state index in [4.69, 9.17) is 4.74 Å². The Kier molecular flexibility index (Phi) is 4.93. The molecule has 2 nitrogen and oxygen atoms in total. The van der Waals surface area contributed by atoms with Crippen molar-refractivity contribution in [1.29, 1.82) is 0 Å². The third-order valence-corrected chi connectivity index (χ3v) is 3.69. The molecule has 0 amide bonds. The molecule has 2 aromatic rings. The third-order valence-electron chi connectivity index (χ3n) is 2.99. The normalized spacial score (nSPS) is 12.6. The molecule has 0 saturated heterocycles. The van der Waals surface area contributed by atoms with Crippen LogP contribution in [0, 0.1) is 0 Å². The second-order valence-corrected chi connectivity index (χ2v) is 5.19. The molecule has 1 aromatic carbocycles. The fourth-order valence-electron chi connectivity index (χ4n) is 1.83. The van der Waals surface area contributed by atoms with Gasteiger partial charge in [0.1, 0.15) is 0 Å². The molecule has 1 aromatic heterocycles. The Morgan fingerprint density at radius 3 is 2.50 bits per heavy atom. The Hall–Kier alpha value is -1.16. The number of hydrogen-bond donors (Lipinski definition) is 1. The Morgan fingerprint density at radius 2 is 1.89 bits per heavy atom. The van der Waals surface area contributed by atoms with Crippen molar-refractivity contribution in [1.82, 2.24) is 5.32 Å². The van der Waals surface area contributed by atoms with E-state index in [-0.39, 0.29) is 0 Å². The molecule has 1 heterocycles. The van der Waals surface area contributed by atoms with Gasteiger partial charge in [0.2, 0.25) is 0 Å². The molecule has 2 rings (SSSR count). The summed E-state index contributed by atoms with van der Waals surface area (Å²) in [7, 11) is 1.72. The van der Waals surface area contributed by atoms with Gasteiger partial charge in [-0.15, -0.1) is 0 Å². The van der Waals surface area contributed by atoms with Gasteiger partial charge in [0, 0.05) is 19.7 Å². The average molecular weight is 261 g/mol. The lowest BCUT2D eigenvalue weighted by Gasteiger charge is -2.12. The van der Waals surface area contributed by atoms with Gasteiger partial charge >= 0.3 is 0 Å². The predicted molar refractivity (Wildman–Crippen MR) is 76.7 cm³/mol. The highest BCUT2D eigenvalue weighted by molar-refractivity contribution is 7.07. The summed E-state index contributed by atoms with van der Waals surface area (Å²) in [6.45, 7) is 3.77. The lowest BCUT2D eigenvalue weighted by atomic mass is 10.1. The van der Waals surface area contributed by atoms with Gasteiger partial charge < -0.3 is 10.1 Å². The second kappa shape index (κ2) is 6.69. The molecule has 0 bridgehead atoms. The van der Waals surface area contributed by atoms with Crippen LogP contribution in [0.1, 0.15) is 29.7 Å². The maximum Gasteiger partial charge on any atom is 0.0713 e. The number of thiophene rings is 1. The van der Waals surface area contributed by atoms with Crippen LogP contribution in [-0.4, -0.2) is 7.11 Å². The number of benzene rings is 1. The van der Waals surface area contributed by atoms with Crippen LogP contribution < -0.4 is 5.32 Å². The van der Waals surface area contributed by atoms with E-state index >= 15 is 0 Å². The summed E-state index contributed by atoms with van der Waals surface area (Å²) in [4.78, 5) is 0. The molecule has 1 atom stereocenters. The number of nitrogens with one attached hydrogen (secondary N) is 1. The summed E-state index contributed by atoms with van der Waals surface area (Å²) in [5, 5.41) is 7.84. The van der Waals surface area contributed by atoms with E-state index in [9.17, 15) is 0 Å². The Bertz CT molecular complexity index is 450. The highest BCUT2D eigenvalue weighted by atomic mass is 32.1. The van der Waals surface area contributed by atoms with Crippen molar-refractivity contribution in [2.24, 2.45) is 0 Å². The van der Waals surface area contributed by atoms with Crippen molar-refractivity contribution in [3.63, 3.8) is 0 Å². The summed E-state index contributed by atoms with van der Waals surface area (Å²) in [5.74, 6) is 0. The Morgan fingerprint density at radius 1 is 1.17 bits per heavy atom. The van der Waals surface area contributed by atoms with Gasteiger partial charge in [-0.05, 0) is 40.4 Å². The van der Waals surface area contributed by atoms with Crippen molar-refractivity contribution in [3.05, 3.63) is 57.8 Å². The van der Waals surface area contributed by atoms with Crippen LogP contribution in [0.3, 0.4) is 0 Å². The van der Waals surface area contributed by atoms with Gasteiger partial charge in [0.05, 0.1) is 6.61 Å². The molecular formula is C15H19NOS. The number of rotatable bonds is 6. The predicted octanol–water partition coefficient (Wildman–Crippen LogP) is 3.75. The van der Waals surface area contributed by atoms with Crippen LogP contribution in [0.15, 0.2) is 41.1 Å². The molecule has 1 N–H and O–H groups in total. The first kappa shape index (κ1) is 13.3. The van der Waals surface area contributed by atoms with Gasteiger partial charge in [-0.1, -0.05) is 24.3 Å². The Labute approximate surface area is 113 Å².